The van der Waals surface area contributed by atoms with Gasteiger partial charge < -0.3 is 5.32 Å². The Kier molecular flexibility index (Phi) is 4.32. The average Bonchev–Trinajstić information content (AvgIpc) is 2.90. The largest absolute Gasteiger partial charge is 0.325 e. The molecule has 24 heavy (non-hydrogen) atoms. The molecule has 2 nitrogen and oxygen atoms in total. The molecular formula is C20H29NOS2. The normalized spacial score (nSPS) is 28.3. The summed E-state index contributed by atoms with van der Waals surface area (Å²) in [4.78, 5) is 13.1. The van der Waals surface area contributed by atoms with Crippen molar-refractivity contribution >= 4 is 35.1 Å². The molecule has 1 fully saturated rings. The molecule has 0 aliphatic heterocycles. The highest BCUT2D eigenvalue weighted by molar-refractivity contribution is 8.18. The third-order valence-corrected chi connectivity index (χ3v) is 9.92. The lowest BCUT2D eigenvalue weighted by atomic mass is 9.86. The maximum absolute atomic E-state index is 13.1. The number of benzene rings is 1. The molecule has 1 aromatic rings. The Morgan fingerprint density at radius 1 is 1.17 bits per heavy atom. The van der Waals surface area contributed by atoms with Crippen LogP contribution in [0.15, 0.2) is 18.2 Å². The summed E-state index contributed by atoms with van der Waals surface area (Å²) in [6.07, 6.45) is 5.39. The number of carbonyl (C=O) groups excluding carboxylic acids is 1. The summed E-state index contributed by atoms with van der Waals surface area (Å²) in [5.41, 5.74) is 3.97. The van der Waals surface area contributed by atoms with Gasteiger partial charge in [0.1, 0.15) is 0 Å². The molecule has 0 saturated heterocycles. The fourth-order valence-corrected chi connectivity index (χ4v) is 8.12. The smallest absolute Gasteiger partial charge is 0.230 e. The minimum atomic E-state index is -0.0000762. The van der Waals surface area contributed by atoms with Crippen molar-refractivity contribution in [3.8, 4) is 0 Å². The minimum Gasteiger partial charge on any atom is -0.325 e. The lowest BCUT2D eigenvalue weighted by Crippen LogP contribution is -2.20. The number of amides is 1. The zero-order valence-corrected chi connectivity index (χ0v) is 17.5. The Morgan fingerprint density at radius 3 is 2.33 bits per heavy atom. The van der Waals surface area contributed by atoms with E-state index in [0.717, 1.165) is 12.1 Å². The SMILES string of the molecule is CSC1(SC)C(C(=O)Nc2cccc3c2C(C)CC3(C)C)C1(C)C. The highest BCUT2D eigenvalue weighted by Gasteiger charge is 2.74. The average molecular weight is 364 g/mol. The molecule has 2 aliphatic carbocycles. The molecule has 0 heterocycles. The van der Waals surface area contributed by atoms with Crippen LogP contribution in [-0.2, 0) is 10.2 Å². The quantitative estimate of drug-likeness (QED) is 0.717. The number of thioether (sulfide) groups is 2. The number of nitrogens with one attached hydrogen (secondary N) is 1. The van der Waals surface area contributed by atoms with Gasteiger partial charge in [-0.15, -0.1) is 23.5 Å². The molecule has 2 atom stereocenters. The number of anilines is 1. The van der Waals surface area contributed by atoms with Gasteiger partial charge in [-0.05, 0) is 47.5 Å². The van der Waals surface area contributed by atoms with Gasteiger partial charge in [-0.1, -0.05) is 46.8 Å². The highest BCUT2D eigenvalue weighted by Crippen LogP contribution is 2.73. The zero-order valence-electron chi connectivity index (χ0n) is 15.8. The van der Waals surface area contributed by atoms with Gasteiger partial charge in [0, 0.05) is 11.1 Å². The molecule has 3 rings (SSSR count). The van der Waals surface area contributed by atoms with E-state index in [0.29, 0.717) is 5.92 Å². The second kappa shape index (κ2) is 5.70. The summed E-state index contributed by atoms with van der Waals surface area (Å²) >= 11 is 3.64. The van der Waals surface area contributed by atoms with Gasteiger partial charge >= 0.3 is 0 Å². The first-order valence-electron chi connectivity index (χ1n) is 8.67. The third-order valence-electron chi connectivity index (χ3n) is 6.19. The maximum atomic E-state index is 13.1. The van der Waals surface area contributed by atoms with Crippen molar-refractivity contribution in [3.05, 3.63) is 29.3 Å². The molecule has 0 aromatic heterocycles. The molecule has 132 valence electrons. The van der Waals surface area contributed by atoms with Crippen molar-refractivity contribution in [3.63, 3.8) is 0 Å². The first-order chi connectivity index (χ1) is 11.1. The summed E-state index contributed by atoms with van der Waals surface area (Å²) in [6.45, 7) is 11.3. The molecule has 4 heteroatoms. The monoisotopic (exact) mass is 363 g/mol. The Hall–Kier alpha value is -0.610. The van der Waals surface area contributed by atoms with Gasteiger partial charge in [-0.3, -0.25) is 4.79 Å². The van der Waals surface area contributed by atoms with Gasteiger partial charge in [0.25, 0.3) is 0 Å². The van der Waals surface area contributed by atoms with Gasteiger partial charge in [-0.2, -0.15) is 0 Å². The Balaban J connectivity index is 1.89. The lowest BCUT2D eigenvalue weighted by Gasteiger charge is -2.19. The second-order valence-electron chi connectivity index (χ2n) is 8.48. The minimum absolute atomic E-state index is 0.0000762. The zero-order chi connectivity index (χ0) is 17.9. The lowest BCUT2D eigenvalue weighted by molar-refractivity contribution is -0.118. The van der Waals surface area contributed by atoms with Gasteiger partial charge in [-0.25, -0.2) is 0 Å². The fraction of sp³-hybridized carbons (Fsp3) is 0.650. The second-order valence-corrected chi connectivity index (χ2v) is 10.8. The Labute approximate surface area is 154 Å². The molecule has 0 spiro atoms. The van der Waals surface area contributed by atoms with Crippen LogP contribution in [0.2, 0.25) is 0 Å². The number of rotatable bonds is 4. The first kappa shape index (κ1) is 18.2. The molecule has 1 aromatic carbocycles. The van der Waals surface area contributed by atoms with E-state index < -0.39 is 0 Å². The van der Waals surface area contributed by atoms with E-state index in [1.54, 1.807) is 0 Å². The van der Waals surface area contributed by atoms with Crippen LogP contribution in [0.4, 0.5) is 5.69 Å². The van der Waals surface area contributed by atoms with Crippen molar-refractivity contribution in [2.75, 3.05) is 17.8 Å². The van der Waals surface area contributed by atoms with Crippen LogP contribution in [0, 0.1) is 11.3 Å². The van der Waals surface area contributed by atoms with E-state index >= 15 is 0 Å². The molecule has 0 radical (unpaired) electrons. The predicted molar refractivity (Wildman–Crippen MR) is 108 cm³/mol. The van der Waals surface area contributed by atoms with Crippen LogP contribution in [0.3, 0.4) is 0 Å². The Bertz CT molecular complexity index is 676. The highest BCUT2D eigenvalue weighted by atomic mass is 32.2. The summed E-state index contributed by atoms with van der Waals surface area (Å²) < 4.78 is -0.0000762. The molecule has 2 unspecified atom stereocenters. The van der Waals surface area contributed by atoms with Gasteiger partial charge in [0.2, 0.25) is 5.91 Å². The van der Waals surface area contributed by atoms with Crippen LogP contribution in [0.5, 0.6) is 0 Å². The molecule has 1 amide bonds. The van der Waals surface area contributed by atoms with E-state index in [9.17, 15) is 4.79 Å². The van der Waals surface area contributed by atoms with Crippen LogP contribution in [0.1, 0.15) is 58.1 Å². The van der Waals surface area contributed by atoms with Crippen LogP contribution < -0.4 is 5.32 Å². The van der Waals surface area contributed by atoms with Crippen LogP contribution >= 0.6 is 23.5 Å². The summed E-state index contributed by atoms with van der Waals surface area (Å²) in [5, 5.41) is 3.29. The first-order valence-corrected chi connectivity index (χ1v) is 11.1. The predicted octanol–water partition coefficient (Wildman–Crippen LogP) is 5.49. The molecular weight excluding hydrogens is 334 g/mol. The standard InChI is InChI=1S/C20H29NOS2/c1-12-11-18(2,3)13-9-8-10-14(15(12)13)21-17(22)16-19(4,5)20(16,23-6)24-7/h8-10,12,16H,11H2,1-7H3,(H,21,22). The maximum Gasteiger partial charge on any atom is 0.230 e. The van der Waals surface area contributed by atoms with Crippen molar-refractivity contribution in [2.24, 2.45) is 11.3 Å². The number of hydrogen-bond acceptors (Lipinski definition) is 3. The van der Waals surface area contributed by atoms with E-state index in [1.807, 2.05) is 23.5 Å². The topological polar surface area (TPSA) is 29.1 Å². The molecule has 1 N–H and O–H groups in total. The summed E-state index contributed by atoms with van der Waals surface area (Å²) in [6, 6.07) is 6.39. The summed E-state index contributed by atoms with van der Waals surface area (Å²) in [7, 11) is 0. The van der Waals surface area contributed by atoms with Gasteiger partial charge in [0.15, 0.2) is 0 Å². The van der Waals surface area contributed by atoms with E-state index in [2.05, 4.69) is 70.6 Å². The number of hydrogen-bond donors (Lipinski definition) is 1. The van der Waals surface area contributed by atoms with E-state index in [1.165, 1.54) is 11.1 Å². The number of carbonyl (C=O) groups is 1. The van der Waals surface area contributed by atoms with Gasteiger partial charge in [0.05, 0.1) is 10.00 Å². The molecule has 0 bridgehead atoms. The third kappa shape index (κ3) is 2.36. The molecule has 2 aliphatic rings. The number of fused-ring (bicyclic) bond motifs is 1. The summed E-state index contributed by atoms with van der Waals surface area (Å²) in [5.74, 6) is 0.717. The Morgan fingerprint density at radius 2 is 1.79 bits per heavy atom. The van der Waals surface area contributed by atoms with E-state index in [-0.39, 0.29) is 26.7 Å². The van der Waals surface area contributed by atoms with Crippen molar-refractivity contribution in [1.82, 2.24) is 0 Å². The molecule has 1 saturated carbocycles. The van der Waals surface area contributed by atoms with Crippen molar-refractivity contribution < 1.29 is 4.79 Å². The van der Waals surface area contributed by atoms with Crippen molar-refractivity contribution in [1.29, 1.82) is 0 Å². The van der Waals surface area contributed by atoms with E-state index in [4.69, 9.17) is 0 Å². The fourth-order valence-electron chi connectivity index (χ4n) is 5.01. The van der Waals surface area contributed by atoms with Crippen LogP contribution in [0.25, 0.3) is 0 Å². The van der Waals surface area contributed by atoms with Crippen molar-refractivity contribution in [2.45, 2.75) is 56.5 Å². The van der Waals surface area contributed by atoms with Crippen LogP contribution in [-0.4, -0.2) is 22.5 Å².